The van der Waals surface area contributed by atoms with Crippen LogP contribution in [0.15, 0.2) is 11.4 Å². The fraction of sp³-hybridized carbons (Fsp3) is 0.643. The van der Waals surface area contributed by atoms with Crippen molar-refractivity contribution in [1.29, 1.82) is 0 Å². The summed E-state index contributed by atoms with van der Waals surface area (Å²) in [6.45, 7) is 3.83. The zero-order chi connectivity index (χ0) is 13.0. The summed E-state index contributed by atoms with van der Waals surface area (Å²) in [4.78, 5) is 16.1. The molecule has 1 aromatic heterocycles. The van der Waals surface area contributed by atoms with Gasteiger partial charge >= 0.3 is 0 Å². The molecule has 0 aliphatic heterocycles. The molecule has 4 heteroatoms. The Morgan fingerprint density at radius 3 is 3.11 bits per heavy atom. The first-order chi connectivity index (χ1) is 8.77. The summed E-state index contributed by atoms with van der Waals surface area (Å²) in [7, 11) is 0. The lowest BCUT2D eigenvalue weighted by molar-refractivity contribution is -0.132. The monoisotopic (exact) mass is 329 g/mol. The van der Waals surface area contributed by atoms with E-state index in [1.807, 2.05) is 4.90 Å². The van der Waals surface area contributed by atoms with Gasteiger partial charge in [-0.25, -0.2) is 0 Å². The zero-order valence-corrected chi connectivity index (χ0v) is 13.2. The Hall–Kier alpha value is -0.350. The Morgan fingerprint density at radius 1 is 1.56 bits per heavy atom. The van der Waals surface area contributed by atoms with E-state index in [-0.39, 0.29) is 5.92 Å². The van der Waals surface area contributed by atoms with E-state index < -0.39 is 0 Å². The number of hydrogen-bond acceptors (Lipinski definition) is 2. The van der Waals surface area contributed by atoms with Gasteiger partial charge in [-0.3, -0.25) is 4.79 Å². The van der Waals surface area contributed by atoms with Gasteiger partial charge in [-0.1, -0.05) is 22.9 Å². The molecule has 1 atom stereocenters. The second-order valence-electron chi connectivity index (χ2n) is 4.76. The van der Waals surface area contributed by atoms with Gasteiger partial charge in [0, 0.05) is 23.3 Å². The van der Waals surface area contributed by atoms with Crippen LogP contribution in [0.3, 0.4) is 0 Å². The average Bonchev–Trinajstić information content (AvgIpc) is 2.85. The molecule has 1 amide bonds. The number of aryl methyl sites for hydroxylation is 1. The number of halogens is 1. The largest absolute Gasteiger partial charge is 0.341 e. The molecule has 1 heterocycles. The Labute approximate surface area is 122 Å². The lowest BCUT2D eigenvalue weighted by atomic mass is 9.86. The molecule has 100 valence electrons. The minimum Gasteiger partial charge on any atom is -0.341 e. The predicted octanol–water partition coefficient (Wildman–Crippen LogP) is 3.80. The highest BCUT2D eigenvalue weighted by molar-refractivity contribution is 9.09. The summed E-state index contributed by atoms with van der Waals surface area (Å²) in [5.41, 5.74) is 1.30. The van der Waals surface area contributed by atoms with Crippen molar-refractivity contribution in [2.75, 3.05) is 18.4 Å². The van der Waals surface area contributed by atoms with E-state index in [0.717, 1.165) is 44.1 Å². The van der Waals surface area contributed by atoms with Gasteiger partial charge < -0.3 is 4.90 Å². The van der Waals surface area contributed by atoms with Crippen molar-refractivity contribution in [2.45, 2.75) is 38.5 Å². The third-order valence-electron chi connectivity index (χ3n) is 3.51. The van der Waals surface area contributed by atoms with Crippen molar-refractivity contribution < 1.29 is 4.79 Å². The van der Waals surface area contributed by atoms with Crippen molar-refractivity contribution in [2.24, 2.45) is 0 Å². The van der Waals surface area contributed by atoms with Gasteiger partial charge in [0.15, 0.2) is 0 Å². The zero-order valence-electron chi connectivity index (χ0n) is 10.8. The fourth-order valence-electron chi connectivity index (χ4n) is 2.67. The summed E-state index contributed by atoms with van der Waals surface area (Å²) < 4.78 is 0. The highest BCUT2D eigenvalue weighted by Crippen LogP contribution is 2.36. The van der Waals surface area contributed by atoms with Gasteiger partial charge in [0.25, 0.3) is 0 Å². The predicted molar refractivity (Wildman–Crippen MR) is 80.7 cm³/mol. The molecule has 0 spiro atoms. The van der Waals surface area contributed by atoms with E-state index >= 15 is 0 Å². The van der Waals surface area contributed by atoms with E-state index in [2.05, 4.69) is 34.3 Å². The molecule has 0 bridgehead atoms. The van der Waals surface area contributed by atoms with Crippen LogP contribution in [0.5, 0.6) is 0 Å². The summed E-state index contributed by atoms with van der Waals surface area (Å²) in [5, 5.41) is 2.99. The second-order valence-corrected chi connectivity index (χ2v) is 6.55. The Bertz CT molecular complexity index is 398. The van der Waals surface area contributed by atoms with Crippen LogP contribution in [0.2, 0.25) is 0 Å². The van der Waals surface area contributed by atoms with Gasteiger partial charge in [0.05, 0.1) is 5.92 Å². The van der Waals surface area contributed by atoms with Crippen LogP contribution in [0.1, 0.15) is 42.5 Å². The third-order valence-corrected chi connectivity index (χ3v) is 4.86. The molecule has 2 rings (SSSR count). The highest BCUT2D eigenvalue weighted by Gasteiger charge is 2.30. The Morgan fingerprint density at radius 2 is 2.39 bits per heavy atom. The number of thiophene rings is 1. The number of fused-ring (bicyclic) bond motifs is 1. The first-order valence-electron chi connectivity index (χ1n) is 6.69. The Kier molecular flexibility index (Phi) is 5.25. The molecule has 0 N–H and O–H groups in total. The SMILES string of the molecule is CCCN(CCBr)C(=O)C1CCCc2sccc21. The number of nitrogens with zero attached hydrogens (tertiary/aromatic N) is 1. The molecule has 1 aliphatic carbocycles. The highest BCUT2D eigenvalue weighted by atomic mass is 79.9. The molecule has 0 saturated carbocycles. The summed E-state index contributed by atoms with van der Waals surface area (Å²) in [6.07, 6.45) is 4.36. The number of alkyl halides is 1. The van der Waals surface area contributed by atoms with Crippen LogP contribution in [-0.2, 0) is 11.2 Å². The smallest absolute Gasteiger partial charge is 0.230 e. The summed E-state index contributed by atoms with van der Waals surface area (Å²) >= 11 is 5.25. The first-order valence-corrected chi connectivity index (χ1v) is 8.69. The molecule has 1 aromatic rings. The van der Waals surface area contributed by atoms with E-state index in [1.54, 1.807) is 11.3 Å². The van der Waals surface area contributed by atoms with Crippen LogP contribution < -0.4 is 0 Å². The molecule has 18 heavy (non-hydrogen) atoms. The molecule has 0 fully saturated rings. The van der Waals surface area contributed by atoms with E-state index in [0.29, 0.717) is 5.91 Å². The van der Waals surface area contributed by atoms with Gasteiger partial charge in [0.1, 0.15) is 0 Å². The summed E-state index contributed by atoms with van der Waals surface area (Å²) in [5.74, 6) is 0.446. The van der Waals surface area contributed by atoms with Crippen molar-refractivity contribution >= 4 is 33.2 Å². The molecule has 1 aliphatic rings. The standard InChI is InChI=1S/C14H20BrNOS/c1-2-8-16(9-7-15)14(17)12-4-3-5-13-11(12)6-10-18-13/h6,10,12H,2-5,7-9H2,1H3. The van der Waals surface area contributed by atoms with Crippen LogP contribution >= 0.6 is 27.3 Å². The molecule has 2 nitrogen and oxygen atoms in total. The van der Waals surface area contributed by atoms with Crippen LogP contribution in [0.4, 0.5) is 0 Å². The number of rotatable bonds is 5. The van der Waals surface area contributed by atoms with Gasteiger partial charge in [-0.2, -0.15) is 0 Å². The molecule has 0 radical (unpaired) electrons. The maximum atomic E-state index is 12.6. The molecule has 1 unspecified atom stereocenters. The maximum absolute atomic E-state index is 12.6. The number of carbonyl (C=O) groups is 1. The second kappa shape index (κ2) is 6.71. The number of carbonyl (C=O) groups excluding carboxylic acids is 1. The quantitative estimate of drug-likeness (QED) is 0.752. The van der Waals surface area contributed by atoms with Gasteiger partial charge in [0.2, 0.25) is 5.91 Å². The van der Waals surface area contributed by atoms with E-state index in [1.165, 1.54) is 10.4 Å². The molecular weight excluding hydrogens is 310 g/mol. The van der Waals surface area contributed by atoms with Crippen molar-refractivity contribution in [3.8, 4) is 0 Å². The average molecular weight is 330 g/mol. The summed E-state index contributed by atoms with van der Waals surface area (Å²) in [6, 6.07) is 2.15. The van der Waals surface area contributed by atoms with E-state index in [4.69, 9.17) is 0 Å². The van der Waals surface area contributed by atoms with Gasteiger partial charge in [-0.05, 0) is 42.7 Å². The maximum Gasteiger partial charge on any atom is 0.230 e. The fourth-order valence-corrected chi connectivity index (χ4v) is 4.08. The van der Waals surface area contributed by atoms with Crippen LogP contribution in [-0.4, -0.2) is 29.2 Å². The van der Waals surface area contributed by atoms with Crippen molar-refractivity contribution in [3.05, 3.63) is 21.9 Å². The topological polar surface area (TPSA) is 20.3 Å². The third kappa shape index (κ3) is 2.97. The van der Waals surface area contributed by atoms with Gasteiger partial charge in [-0.15, -0.1) is 11.3 Å². The minimum atomic E-state index is 0.116. The minimum absolute atomic E-state index is 0.116. The molecular formula is C14H20BrNOS. The van der Waals surface area contributed by atoms with Crippen molar-refractivity contribution in [1.82, 2.24) is 4.90 Å². The number of hydrogen-bond donors (Lipinski definition) is 0. The van der Waals surface area contributed by atoms with Crippen molar-refractivity contribution in [3.63, 3.8) is 0 Å². The van der Waals surface area contributed by atoms with E-state index in [9.17, 15) is 4.79 Å². The normalized spacial score (nSPS) is 18.4. The lowest BCUT2D eigenvalue weighted by Crippen LogP contribution is -2.38. The first kappa shape index (κ1) is 14.1. The lowest BCUT2D eigenvalue weighted by Gasteiger charge is -2.29. The van der Waals surface area contributed by atoms with Crippen LogP contribution in [0.25, 0.3) is 0 Å². The number of amides is 1. The molecule has 0 saturated heterocycles. The molecule has 0 aromatic carbocycles. The van der Waals surface area contributed by atoms with Crippen LogP contribution in [0, 0.1) is 0 Å². The Balaban J connectivity index is 2.14.